The summed E-state index contributed by atoms with van der Waals surface area (Å²) in [5.74, 6) is -1.41. The molecule has 2 aromatic carbocycles. The highest BCUT2D eigenvalue weighted by Gasteiger charge is 2.70. The summed E-state index contributed by atoms with van der Waals surface area (Å²) < 4.78 is -0.814. The first-order valence-corrected chi connectivity index (χ1v) is 15.1. The molecule has 40 heavy (non-hydrogen) atoms. The summed E-state index contributed by atoms with van der Waals surface area (Å²) in [7, 11) is 0. The van der Waals surface area contributed by atoms with E-state index in [1.54, 1.807) is 21.6 Å². The minimum Gasteiger partial charge on any atom is -0.396 e. The van der Waals surface area contributed by atoms with E-state index in [1.807, 2.05) is 77.7 Å². The van der Waals surface area contributed by atoms with Crippen molar-refractivity contribution in [1.82, 2.24) is 9.80 Å². The van der Waals surface area contributed by atoms with Gasteiger partial charge in [0, 0.05) is 43.7 Å². The van der Waals surface area contributed by atoms with E-state index in [2.05, 4.69) is 12.2 Å². The summed E-state index contributed by atoms with van der Waals surface area (Å²) in [6, 6.07) is 18.8. The molecule has 1 unspecified atom stereocenters. The molecule has 7 nitrogen and oxygen atoms in total. The molecule has 0 saturated carbocycles. The lowest BCUT2D eigenvalue weighted by atomic mass is 9.78. The van der Waals surface area contributed by atoms with Crippen molar-refractivity contribution >= 4 is 35.2 Å². The molecule has 1 N–H and O–H groups in total. The second-order valence-electron chi connectivity index (χ2n) is 11.0. The fourth-order valence-corrected chi connectivity index (χ4v) is 8.79. The summed E-state index contributed by atoms with van der Waals surface area (Å²) >= 11 is 1.62. The number of thioether (sulfide) groups is 1. The summed E-state index contributed by atoms with van der Waals surface area (Å²) in [6.45, 7) is 1.92. The number of benzene rings is 2. The van der Waals surface area contributed by atoms with Crippen LogP contribution in [0.1, 0.15) is 24.8 Å². The molecule has 5 atom stereocenters. The summed E-state index contributed by atoms with van der Waals surface area (Å²) in [5, 5.41) is 9.10. The van der Waals surface area contributed by atoms with Gasteiger partial charge in [-0.2, -0.15) is 0 Å². The van der Waals surface area contributed by atoms with E-state index in [4.69, 9.17) is 0 Å². The first kappa shape index (κ1) is 26.8. The summed E-state index contributed by atoms with van der Waals surface area (Å²) in [6.07, 6.45) is 10.3. The van der Waals surface area contributed by atoms with Crippen LogP contribution in [0.15, 0.2) is 85.0 Å². The molecule has 4 aliphatic rings. The molecule has 0 bridgehead atoms. The number of anilines is 1. The van der Waals surface area contributed by atoms with Gasteiger partial charge in [0.1, 0.15) is 6.04 Å². The number of para-hydroxylation sites is 1. The van der Waals surface area contributed by atoms with E-state index >= 15 is 0 Å². The van der Waals surface area contributed by atoms with Crippen molar-refractivity contribution in [3.05, 3.63) is 90.5 Å². The highest BCUT2D eigenvalue weighted by atomic mass is 32.2. The zero-order valence-corrected chi connectivity index (χ0v) is 23.3. The molecule has 0 aromatic heterocycles. The van der Waals surface area contributed by atoms with Gasteiger partial charge in [-0.15, -0.1) is 11.8 Å². The van der Waals surface area contributed by atoms with Crippen LogP contribution in [-0.2, 0) is 20.9 Å². The number of amides is 3. The predicted octanol–water partition coefficient (Wildman–Crippen LogP) is 3.65. The van der Waals surface area contributed by atoms with Gasteiger partial charge in [0.05, 0.1) is 16.6 Å². The van der Waals surface area contributed by atoms with Crippen molar-refractivity contribution < 1.29 is 19.5 Å². The second kappa shape index (κ2) is 11.3. The summed E-state index contributed by atoms with van der Waals surface area (Å²) in [5.41, 5.74) is 1.85. The Labute approximate surface area is 239 Å². The molecule has 0 radical (unpaired) electrons. The van der Waals surface area contributed by atoms with Gasteiger partial charge in [0.25, 0.3) is 0 Å². The van der Waals surface area contributed by atoms with Crippen molar-refractivity contribution in [3.63, 3.8) is 0 Å². The molecule has 4 aliphatic heterocycles. The topological polar surface area (TPSA) is 81.2 Å². The van der Waals surface area contributed by atoms with Crippen LogP contribution < -0.4 is 4.90 Å². The van der Waals surface area contributed by atoms with Crippen molar-refractivity contribution in [1.29, 1.82) is 0 Å². The highest BCUT2D eigenvalue weighted by Crippen LogP contribution is 2.61. The molecule has 2 aromatic rings. The minimum absolute atomic E-state index is 0.0592. The Morgan fingerprint density at radius 2 is 1.60 bits per heavy atom. The van der Waals surface area contributed by atoms with Crippen LogP contribution in [0.2, 0.25) is 0 Å². The molecule has 2 fully saturated rings. The van der Waals surface area contributed by atoms with Crippen LogP contribution in [0.3, 0.4) is 0 Å². The zero-order valence-electron chi connectivity index (χ0n) is 22.5. The highest BCUT2D eigenvalue weighted by molar-refractivity contribution is 8.02. The maximum absolute atomic E-state index is 14.4. The monoisotopic (exact) mass is 557 g/mol. The van der Waals surface area contributed by atoms with E-state index in [9.17, 15) is 19.5 Å². The molecule has 3 amide bonds. The second-order valence-corrected chi connectivity index (χ2v) is 12.5. The summed E-state index contributed by atoms with van der Waals surface area (Å²) in [4.78, 5) is 48.3. The molecule has 6 rings (SSSR count). The third-order valence-electron chi connectivity index (χ3n) is 8.58. The number of nitrogens with zero attached hydrogens (tertiary/aromatic N) is 3. The lowest BCUT2D eigenvalue weighted by Crippen LogP contribution is -2.53. The third kappa shape index (κ3) is 4.57. The number of carbonyl (C=O) groups excluding carboxylic acids is 3. The Kier molecular flexibility index (Phi) is 7.55. The van der Waals surface area contributed by atoms with Gasteiger partial charge in [0.2, 0.25) is 17.7 Å². The number of likely N-dealkylation sites (tertiary alicyclic amines) is 1. The molecule has 1 spiro atoms. The molecule has 4 heterocycles. The van der Waals surface area contributed by atoms with Gasteiger partial charge in [-0.05, 0) is 37.0 Å². The van der Waals surface area contributed by atoms with Crippen LogP contribution in [0, 0.1) is 11.8 Å². The zero-order chi connectivity index (χ0) is 27.7. The Bertz CT molecular complexity index is 1320. The van der Waals surface area contributed by atoms with Gasteiger partial charge >= 0.3 is 0 Å². The SMILES string of the molecule is O=C1C2N(CCCCCO)C(=O)[C@@H]3[C@@H]4C(=O)N(c5ccccc5)CC=C[C@@H]4S[C@]23C=CCN1Cc1ccccc1. The van der Waals surface area contributed by atoms with Crippen LogP contribution >= 0.6 is 11.8 Å². The Balaban J connectivity index is 1.37. The largest absolute Gasteiger partial charge is 0.396 e. The fourth-order valence-electron chi connectivity index (χ4n) is 6.78. The quantitative estimate of drug-likeness (QED) is 0.396. The van der Waals surface area contributed by atoms with Crippen molar-refractivity contribution in [2.24, 2.45) is 11.8 Å². The third-order valence-corrected chi connectivity index (χ3v) is 10.3. The average molecular weight is 558 g/mol. The smallest absolute Gasteiger partial charge is 0.247 e. The van der Waals surface area contributed by atoms with E-state index in [1.165, 1.54) is 0 Å². The number of hydrogen-bond donors (Lipinski definition) is 1. The molecule has 208 valence electrons. The number of rotatable bonds is 8. The Morgan fingerprint density at radius 3 is 2.35 bits per heavy atom. The number of fused-ring (bicyclic) bond motifs is 2. The molecule has 0 aliphatic carbocycles. The number of carbonyl (C=O) groups is 3. The van der Waals surface area contributed by atoms with Crippen molar-refractivity contribution in [3.8, 4) is 0 Å². The van der Waals surface area contributed by atoms with Gasteiger partial charge in [-0.25, -0.2) is 0 Å². The van der Waals surface area contributed by atoms with Crippen LogP contribution in [0.4, 0.5) is 5.69 Å². The number of aliphatic hydroxyl groups excluding tert-OH is 1. The number of aliphatic hydroxyl groups is 1. The predicted molar refractivity (Wildman–Crippen MR) is 156 cm³/mol. The van der Waals surface area contributed by atoms with Crippen LogP contribution in [-0.4, -0.2) is 74.9 Å². The van der Waals surface area contributed by atoms with Gasteiger partial charge in [-0.3, -0.25) is 14.4 Å². The first-order valence-electron chi connectivity index (χ1n) is 14.2. The maximum Gasteiger partial charge on any atom is 0.247 e. The van der Waals surface area contributed by atoms with Crippen LogP contribution in [0.25, 0.3) is 0 Å². The lowest BCUT2D eigenvalue weighted by molar-refractivity contribution is -0.143. The number of hydrogen-bond acceptors (Lipinski definition) is 5. The van der Waals surface area contributed by atoms with Gasteiger partial charge < -0.3 is 19.8 Å². The van der Waals surface area contributed by atoms with E-state index in [-0.39, 0.29) is 29.6 Å². The molecular weight excluding hydrogens is 522 g/mol. The Hall–Kier alpha value is -3.36. The Morgan fingerprint density at radius 1 is 0.850 bits per heavy atom. The average Bonchev–Trinajstić information content (AvgIpc) is 3.29. The van der Waals surface area contributed by atoms with E-state index in [0.717, 1.165) is 17.7 Å². The van der Waals surface area contributed by atoms with Gasteiger partial charge in [-0.1, -0.05) is 72.8 Å². The standard InChI is InChI=1S/C32H35N3O4S/c36-21-9-3-8-19-35-28-31(39)33(22-23-12-4-1-5-13-23)18-11-17-32(28)27(30(35)38)26-25(40-32)16-10-20-34(29(26)37)24-14-6-2-7-15-24/h1-2,4-7,10-17,25-28,36H,3,8-9,18-22H2/t25-,26+,27-,28?,32-/m0/s1. The fraction of sp³-hybridized carbons (Fsp3) is 0.406. The van der Waals surface area contributed by atoms with Gasteiger partial charge in [0.15, 0.2) is 0 Å². The van der Waals surface area contributed by atoms with E-state index in [0.29, 0.717) is 39.0 Å². The first-order chi connectivity index (χ1) is 19.5. The normalized spacial score (nSPS) is 29.3. The minimum atomic E-state index is -0.814. The molecule has 2 saturated heterocycles. The molecular formula is C32H35N3O4S. The van der Waals surface area contributed by atoms with Crippen LogP contribution in [0.5, 0.6) is 0 Å². The number of unbranched alkanes of at least 4 members (excludes halogenated alkanes) is 2. The van der Waals surface area contributed by atoms with E-state index < -0.39 is 22.6 Å². The molecule has 8 heteroatoms. The van der Waals surface area contributed by atoms with Crippen molar-refractivity contribution in [2.45, 2.75) is 41.8 Å². The lowest BCUT2D eigenvalue weighted by Gasteiger charge is -2.35. The maximum atomic E-state index is 14.4. The van der Waals surface area contributed by atoms with Crippen molar-refractivity contribution in [2.75, 3.05) is 31.1 Å².